The summed E-state index contributed by atoms with van der Waals surface area (Å²) in [5.41, 5.74) is 6.84. The maximum Gasteiger partial charge on any atom is 0.133 e. The summed E-state index contributed by atoms with van der Waals surface area (Å²) in [6.07, 6.45) is 1.67. The molecule has 0 fully saturated rings. The molecule has 0 radical (unpaired) electrons. The lowest BCUT2D eigenvalue weighted by Gasteiger charge is -2.16. The van der Waals surface area contributed by atoms with E-state index in [0.29, 0.717) is 11.1 Å². The van der Waals surface area contributed by atoms with Crippen LogP contribution in [0.25, 0.3) is 0 Å². The highest BCUT2D eigenvalue weighted by atomic mass is 35.5. The molecule has 0 aliphatic rings. The van der Waals surface area contributed by atoms with Gasteiger partial charge in [0.1, 0.15) is 5.15 Å². The van der Waals surface area contributed by atoms with Crippen molar-refractivity contribution in [2.75, 3.05) is 0 Å². The third kappa shape index (κ3) is 1.96. The summed E-state index contributed by atoms with van der Waals surface area (Å²) in [6, 6.07) is 3.75. The molecule has 0 amide bonds. The predicted molar refractivity (Wildman–Crippen MR) is 51.0 cm³/mol. The molecule has 0 aliphatic carbocycles. The molecule has 3 heteroatoms. The van der Waals surface area contributed by atoms with Crippen LogP contribution in [-0.4, -0.2) is 4.98 Å². The maximum atomic E-state index is 5.91. The van der Waals surface area contributed by atoms with Crippen LogP contribution < -0.4 is 5.73 Å². The molecule has 1 rings (SSSR count). The van der Waals surface area contributed by atoms with E-state index in [-0.39, 0.29) is 6.04 Å². The Labute approximate surface area is 77.8 Å². The Morgan fingerprint density at radius 1 is 1.50 bits per heavy atom. The molecule has 0 aromatic carbocycles. The normalized spacial score (nSPS) is 13.4. The van der Waals surface area contributed by atoms with Crippen LogP contribution in [-0.2, 0) is 0 Å². The van der Waals surface area contributed by atoms with E-state index in [2.05, 4.69) is 18.8 Å². The number of halogens is 1. The van der Waals surface area contributed by atoms with Crippen LogP contribution in [0.15, 0.2) is 18.3 Å². The van der Waals surface area contributed by atoms with Gasteiger partial charge in [0.2, 0.25) is 0 Å². The number of hydrogen-bond donors (Lipinski definition) is 1. The molecule has 0 bridgehead atoms. The van der Waals surface area contributed by atoms with Gasteiger partial charge >= 0.3 is 0 Å². The standard InChI is InChI=1S/C9H13ClN2/c1-6(2)8(11)7-4-3-5-12-9(7)10/h3-6,8H,11H2,1-2H3. The molecular weight excluding hydrogens is 172 g/mol. The zero-order valence-corrected chi connectivity index (χ0v) is 8.05. The topological polar surface area (TPSA) is 38.9 Å². The van der Waals surface area contributed by atoms with Crippen molar-refractivity contribution in [3.05, 3.63) is 29.0 Å². The van der Waals surface area contributed by atoms with E-state index >= 15 is 0 Å². The first-order valence-corrected chi connectivity index (χ1v) is 4.36. The van der Waals surface area contributed by atoms with Crippen molar-refractivity contribution in [2.45, 2.75) is 19.9 Å². The summed E-state index contributed by atoms with van der Waals surface area (Å²) in [6.45, 7) is 4.13. The third-order valence-corrected chi connectivity index (χ3v) is 2.18. The lowest BCUT2D eigenvalue weighted by atomic mass is 9.99. The first kappa shape index (κ1) is 9.49. The Kier molecular flexibility index (Phi) is 3.06. The minimum absolute atomic E-state index is 0.0220. The minimum atomic E-state index is -0.0220. The molecule has 0 aliphatic heterocycles. The summed E-state index contributed by atoms with van der Waals surface area (Å²) in [5.74, 6) is 0.381. The Morgan fingerprint density at radius 3 is 2.67 bits per heavy atom. The van der Waals surface area contributed by atoms with Gasteiger partial charge < -0.3 is 5.73 Å². The fourth-order valence-electron chi connectivity index (χ4n) is 1.01. The molecule has 2 nitrogen and oxygen atoms in total. The summed E-state index contributed by atoms with van der Waals surface area (Å²) in [4.78, 5) is 3.97. The van der Waals surface area contributed by atoms with Crippen LogP contribution in [0, 0.1) is 5.92 Å². The smallest absolute Gasteiger partial charge is 0.133 e. The quantitative estimate of drug-likeness (QED) is 0.717. The van der Waals surface area contributed by atoms with Gasteiger partial charge in [-0.25, -0.2) is 4.98 Å². The summed E-state index contributed by atoms with van der Waals surface area (Å²) in [5, 5.41) is 0.513. The molecule has 12 heavy (non-hydrogen) atoms. The fraction of sp³-hybridized carbons (Fsp3) is 0.444. The van der Waals surface area contributed by atoms with Gasteiger partial charge in [-0.05, 0) is 12.0 Å². The van der Waals surface area contributed by atoms with E-state index in [1.807, 2.05) is 12.1 Å². The van der Waals surface area contributed by atoms with Crippen molar-refractivity contribution < 1.29 is 0 Å². The number of rotatable bonds is 2. The second-order valence-electron chi connectivity index (χ2n) is 3.15. The second-order valence-corrected chi connectivity index (χ2v) is 3.51. The number of nitrogens with two attached hydrogens (primary N) is 1. The number of hydrogen-bond acceptors (Lipinski definition) is 2. The molecule has 1 aromatic heterocycles. The summed E-state index contributed by atoms with van der Waals surface area (Å²) >= 11 is 5.87. The molecule has 0 saturated carbocycles. The number of pyridine rings is 1. The first-order chi connectivity index (χ1) is 5.63. The first-order valence-electron chi connectivity index (χ1n) is 3.99. The Morgan fingerprint density at radius 2 is 2.17 bits per heavy atom. The van der Waals surface area contributed by atoms with Crippen LogP contribution in [0.3, 0.4) is 0 Å². The van der Waals surface area contributed by atoms with Crippen molar-refractivity contribution in [3.63, 3.8) is 0 Å². The SMILES string of the molecule is CC(C)C(N)c1cccnc1Cl. The molecule has 0 spiro atoms. The van der Waals surface area contributed by atoms with E-state index in [1.165, 1.54) is 0 Å². The van der Waals surface area contributed by atoms with E-state index in [4.69, 9.17) is 17.3 Å². The third-order valence-electron chi connectivity index (χ3n) is 1.87. The van der Waals surface area contributed by atoms with Gasteiger partial charge in [0, 0.05) is 17.8 Å². The van der Waals surface area contributed by atoms with Crippen LogP contribution in [0.1, 0.15) is 25.5 Å². The molecule has 1 aromatic rings. The largest absolute Gasteiger partial charge is 0.324 e. The molecule has 0 saturated heterocycles. The van der Waals surface area contributed by atoms with Crippen molar-refractivity contribution in [1.29, 1.82) is 0 Å². The van der Waals surface area contributed by atoms with Crippen LogP contribution in [0.4, 0.5) is 0 Å². The summed E-state index contributed by atoms with van der Waals surface area (Å²) in [7, 11) is 0. The van der Waals surface area contributed by atoms with Crippen molar-refractivity contribution in [1.82, 2.24) is 4.98 Å². The highest BCUT2D eigenvalue weighted by Crippen LogP contribution is 2.23. The molecule has 2 N–H and O–H groups in total. The van der Waals surface area contributed by atoms with E-state index < -0.39 is 0 Å². The van der Waals surface area contributed by atoms with Crippen LogP contribution in [0.2, 0.25) is 5.15 Å². The monoisotopic (exact) mass is 184 g/mol. The van der Waals surface area contributed by atoms with Gasteiger partial charge in [0.25, 0.3) is 0 Å². The number of aromatic nitrogens is 1. The van der Waals surface area contributed by atoms with Gasteiger partial charge in [0.15, 0.2) is 0 Å². The molecule has 1 atom stereocenters. The second kappa shape index (κ2) is 3.87. The Hall–Kier alpha value is -0.600. The fourth-order valence-corrected chi connectivity index (χ4v) is 1.25. The van der Waals surface area contributed by atoms with Gasteiger partial charge in [-0.2, -0.15) is 0 Å². The van der Waals surface area contributed by atoms with Gasteiger partial charge in [-0.1, -0.05) is 31.5 Å². The molecule has 1 unspecified atom stereocenters. The van der Waals surface area contributed by atoms with E-state index in [9.17, 15) is 0 Å². The highest BCUT2D eigenvalue weighted by Gasteiger charge is 2.13. The molecule has 1 heterocycles. The van der Waals surface area contributed by atoms with Crippen molar-refractivity contribution >= 4 is 11.6 Å². The van der Waals surface area contributed by atoms with Gasteiger partial charge in [0.05, 0.1) is 0 Å². The van der Waals surface area contributed by atoms with Gasteiger partial charge in [-0.15, -0.1) is 0 Å². The van der Waals surface area contributed by atoms with E-state index in [1.54, 1.807) is 6.20 Å². The van der Waals surface area contributed by atoms with Crippen LogP contribution >= 0.6 is 11.6 Å². The predicted octanol–water partition coefficient (Wildman–Crippen LogP) is 2.39. The highest BCUT2D eigenvalue weighted by molar-refractivity contribution is 6.30. The zero-order valence-electron chi connectivity index (χ0n) is 7.29. The summed E-state index contributed by atoms with van der Waals surface area (Å²) < 4.78 is 0. The van der Waals surface area contributed by atoms with Crippen molar-refractivity contribution in [2.24, 2.45) is 11.7 Å². The van der Waals surface area contributed by atoms with Crippen molar-refractivity contribution in [3.8, 4) is 0 Å². The van der Waals surface area contributed by atoms with E-state index in [0.717, 1.165) is 5.56 Å². The average molecular weight is 185 g/mol. The van der Waals surface area contributed by atoms with Crippen LogP contribution in [0.5, 0.6) is 0 Å². The lowest BCUT2D eigenvalue weighted by Crippen LogP contribution is -2.17. The Balaban J connectivity index is 2.94. The minimum Gasteiger partial charge on any atom is -0.324 e. The lowest BCUT2D eigenvalue weighted by molar-refractivity contribution is 0.513. The zero-order chi connectivity index (χ0) is 9.14. The average Bonchev–Trinajstić information content (AvgIpc) is 2.04. The molecule has 66 valence electrons. The van der Waals surface area contributed by atoms with Gasteiger partial charge in [-0.3, -0.25) is 0 Å². The maximum absolute atomic E-state index is 5.91. The molecular formula is C9H13ClN2. The number of nitrogens with zero attached hydrogens (tertiary/aromatic N) is 1. The Bertz CT molecular complexity index is 260.